The molecule has 0 N–H and O–H groups in total. The minimum absolute atomic E-state index is 0.105. The van der Waals surface area contributed by atoms with Crippen molar-refractivity contribution in [3.8, 4) is 5.75 Å². The molecule has 3 rings (SSSR count). The van der Waals surface area contributed by atoms with Crippen LogP contribution in [0.4, 0.5) is 4.39 Å². The van der Waals surface area contributed by atoms with Gasteiger partial charge in [0.15, 0.2) is 5.82 Å². The minimum atomic E-state index is -0.263. The highest BCUT2D eigenvalue weighted by Gasteiger charge is 2.18. The SMILES string of the molecule is COc1ccccc1[C@@H](C)N(C)Cc1nc(Cc2ccccc2F)no1. The molecule has 0 saturated heterocycles. The summed E-state index contributed by atoms with van der Waals surface area (Å²) in [6.45, 7) is 2.58. The van der Waals surface area contributed by atoms with Crippen molar-refractivity contribution in [2.45, 2.75) is 25.9 Å². The van der Waals surface area contributed by atoms with E-state index in [0.717, 1.165) is 11.3 Å². The van der Waals surface area contributed by atoms with Crippen LogP contribution in [0.25, 0.3) is 0 Å². The number of hydrogen-bond acceptors (Lipinski definition) is 5. The second-order valence-electron chi connectivity index (χ2n) is 6.21. The number of ether oxygens (including phenoxy) is 1. The highest BCUT2D eigenvalue weighted by molar-refractivity contribution is 5.35. The van der Waals surface area contributed by atoms with E-state index in [4.69, 9.17) is 9.26 Å². The molecular formula is C20H22FN3O2. The van der Waals surface area contributed by atoms with Crippen LogP contribution in [0.2, 0.25) is 0 Å². The Labute approximate surface area is 152 Å². The van der Waals surface area contributed by atoms with E-state index in [9.17, 15) is 4.39 Å². The van der Waals surface area contributed by atoms with Crippen LogP contribution in [0.3, 0.4) is 0 Å². The molecule has 0 amide bonds. The van der Waals surface area contributed by atoms with Gasteiger partial charge in [0, 0.05) is 18.0 Å². The molecule has 5 nitrogen and oxygen atoms in total. The summed E-state index contributed by atoms with van der Waals surface area (Å²) in [5.41, 5.74) is 1.64. The molecule has 136 valence electrons. The third-order valence-electron chi connectivity index (χ3n) is 4.45. The van der Waals surface area contributed by atoms with Crippen molar-refractivity contribution in [3.05, 3.63) is 77.2 Å². The average molecular weight is 355 g/mol. The van der Waals surface area contributed by atoms with Gasteiger partial charge in [0.2, 0.25) is 5.89 Å². The summed E-state index contributed by atoms with van der Waals surface area (Å²) in [4.78, 5) is 6.48. The third-order valence-corrected chi connectivity index (χ3v) is 4.45. The fourth-order valence-corrected chi connectivity index (χ4v) is 2.84. The molecule has 0 saturated carbocycles. The lowest BCUT2D eigenvalue weighted by Crippen LogP contribution is -2.22. The number of rotatable bonds is 7. The van der Waals surface area contributed by atoms with Gasteiger partial charge in [0.25, 0.3) is 0 Å². The van der Waals surface area contributed by atoms with Gasteiger partial charge in [0.1, 0.15) is 11.6 Å². The van der Waals surface area contributed by atoms with E-state index in [0.29, 0.717) is 30.2 Å². The second-order valence-corrected chi connectivity index (χ2v) is 6.21. The van der Waals surface area contributed by atoms with E-state index in [1.807, 2.05) is 31.3 Å². The van der Waals surface area contributed by atoms with Crippen molar-refractivity contribution < 1.29 is 13.7 Å². The van der Waals surface area contributed by atoms with E-state index >= 15 is 0 Å². The standard InChI is InChI=1S/C20H22FN3O2/c1-14(16-9-5-7-11-18(16)25-3)24(2)13-20-22-19(23-26-20)12-15-8-4-6-10-17(15)21/h4-11,14H,12-13H2,1-3H3/t14-/m1/s1. The van der Waals surface area contributed by atoms with Gasteiger partial charge in [-0.25, -0.2) is 4.39 Å². The summed E-state index contributed by atoms with van der Waals surface area (Å²) in [7, 11) is 3.65. The first-order valence-corrected chi connectivity index (χ1v) is 8.46. The highest BCUT2D eigenvalue weighted by Crippen LogP contribution is 2.28. The smallest absolute Gasteiger partial charge is 0.240 e. The first-order chi connectivity index (χ1) is 12.6. The van der Waals surface area contributed by atoms with E-state index in [-0.39, 0.29) is 11.9 Å². The van der Waals surface area contributed by atoms with Crippen molar-refractivity contribution in [3.63, 3.8) is 0 Å². The molecular weight excluding hydrogens is 333 g/mol. The predicted molar refractivity (Wildman–Crippen MR) is 96.4 cm³/mol. The number of benzene rings is 2. The van der Waals surface area contributed by atoms with Gasteiger partial charge in [-0.15, -0.1) is 0 Å². The highest BCUT2D eigenvalue weighted by atomic mass is 19.1. The molecule has 0 aliphatic heterocycles. The lowest BCUT2D eigenvalue weighted by Gasteiger charge is -2.24. The average Bonchev–Trinajstić information content (AvgIpc) is 3.09. The molecule has 0 spiro atoms. The Kier molecular flexibility index (Phi) is 5.63. The number of halogens is 1. The Hall–Kier alpha value is -2.73. The summed E-state index contributed by atoms with van der Waals surface area (Å²) in [5.74, 6) is 1.56. The predicted octanol–water partition coefficient (Wildman–Crippen LogP) is 4.00. The summed E-state index contributed by atoms with van der Waals surface area (Å²) < 4.78 is 24.5. The van der Waals surface area contributed by atoms with E-state index < -0.39 is 0 Å². The van der Waals surface area contributed by atoms with Crippen LogP contribution in [0.5, 0.6) is 5.75 Å². The lowest BCUT2D eigenvalue weighted by molar-refractivity contribution is 0.212. The van der Waals surface area contributed by atoms with Crippen molar-refractivity contribution in [2.75, 3.05) is 14.2 Å². The lowest BCUT2D eigenvalue weighted by atomic mass is 10.1. The summed E-state index contributed by atoms with van der Waals surface area (Å²) in [5, 5.41) is 3.97. The van der Waals surface area contributed by atoms with Crippen molar-refractivity contribution in [1.29, 1.82) is 0 Å². The van der Waals surface area contributed by atoms with Crippen LogP contribution in [0, 0.1) is 5.82 Å². The van der Waals surface area contributed by atoms with Crippen molar-refractivity contribution >= 4 is 0 Å². The zero-order valence-electron chi connectivity index (χ0n) is 15.1. The number of methoxy groups -OCH3 is 1. The number of hydrogen-bond donors (Lipinski definition) is 0. The molecule has 0 radical (unpaired) electrons. The third kappa shape index (κ3) is 4.08. The van der Waals surface area contributed by atoms with Gasteiger partial charge >= 0.3 is 0 Å². The molecule has 0 unspecified atom stereocenters. The van der Waals surface area contributed by atoms with E-state index in [1.54, 1.807) is 25.3 Å². The molecule has 0 aliphatic carbocycles. The van der Waals surface area contributed by atoms with Crippen LogP contribution in [-0.2, 0) is 13.0 Å². The molecule has 1 atom stereocenters. The van der Waals surface area contributed by atoms with Gasteiger partial charge in [-0.2, -0.15) is 4.98 Å². The van der Waals surface area contributed by atoms with E-state index in [2.05, 4.69) is 22.0 Å². The molecule has 0 aliphatic rings. The van der Waals surface area contributed by atoms with Gasteiger partial charge < -0.3 is 9.26 Å². The van der Waals surface area contributed by atoms with Crippen molar-refractivity contribution in [1.82, 2.24) is 15.0 Å². The molecule has 3 aromatic rings. The largest absolute Gasteiger partial charge is 0.496 e. The maximum Gasteiger partial charge on any atom is 0.240 e. The molecule has 1 aromatic heterocycles. The normalized spacial score (nSPS) is 12.3. The Bertz CT molecular complexity index is 866. The number of para-hydroxylation sites is 1. The molecule has 0 bridgehead atoms. The molecule has 6 heteroatoms. The van der Waals surface area contributed by atoms with Crippen LogP contribution in [0.15, 0.2) is 53.1 Å². The summed E-state index contributed by atoms with van der Waals surface area (Å²) >= 11 is 0. The quantitative estimate of drug-likeness (QED) is 0.641. The van der Waals surface area contributed by atoms with Crippen LogP contribution >= 0.6 is 0 Å². The first-order valence-electron chi connectivity index (χ1n) is 8.46. The Morgan fingerprint density at radius 3 is 2.65 bits per heavy atom. The number of aromatic nitrogens is 2. The van der Waals surface area contributed by atoms with Crippen molar-refractivity contribution in [2.24, 2.45) is 0 Å². The monoisotopic (exact) mass is 355 g/mol. The van der Waals surface area contributed by atoms with Crippen LogP contribution in [0.1, 0.15) is 35.8 Å². The fourth-order valence-electron chi connectivity index (χ4n) is 2.84. The van der Waals surface area contributed by atoms with Gasteiger partial charge in [0.05, 0.1) is 13.7 Å². The summed E-state index contributed by atoms with van der Waals surface area (Å²) in [6, 6.07) is 14.6. The molecule has 2 aromatic carbocycles. The molecule has 1 heterocycles. The van der Waals surface area contributed by atoms with Gasteiger partial charge in [-0.3, -0.25) is 4.90 Å². The summed E-state index contributed by atoms with van der Waals surface area (Å²) in [6.07, 6.45) is 0.307. The Morgan fingerprint density at radius 2 is 1.88 bits per heavy atom. The zero-order valence-corrected chi connectivity index (χ0v) is 15.1. The Morgan fingerprint density at radius 1 is 1.15 bits per heavy atom. The maximum absolute atomic E-state index is 13.8. The zero-order chi connectivity index (χ0) is 18.5. The maximum atomic E-state index is 13.8. The molecule has 26 heavy (non-hydrogen) atoms. The van der Waals surface area contributed by atoms with Gasteiger partial charge in [-0.1, -0.05) is 41.6 Å². The van der Waals surface area contributed by atoms with E-state index in [1.165, 1.54) is 6.07 Å². The number of nitrogens with zero attached hydrogens (tertiary/aromatic N) is 3. The molecule has 0 fully saturated rings. The minimum Gasteiger partial charge on any atom is -0.496 e. The van der Waals surface area contributed by atoms with Crippen LogP contribution < -0.4 is 4.74 Å². The first kappa shape index (κ1) is 18.1. The fraction of sp³-hybridized carbons (Fsp3) is 0.300. The van der Waals surface area contributed by atoms with Crippen LogP contribution in [-0.4, -0.2) is 29.2 Å². The topological polar surface area (TPSA) is 51.4 Å². The van der Waals surface area contributed by atoms with Gasteiger partial charge in [-0.05, 0) is 31.7 Å². The second kappa shape index (κ2) is 8.10. The Balaban J connectivity index is 1.67.